The van der Waals surface area contributed by atoms with E-state index in [0.29, 0.717) is 5.92 Å². The molecule has 0 atom stereocenters. The molecule has 1 fully saturated rings. The van der Waals surface area contributed by atoms with Crippen molar-refractivity contribution in [2.75, 3.05) is 0 Å². The van der Waals surface area contributed by atoms with Crippen LogP contribution in [0.2, 0.25) is 0 Å². The molecule has 0 spiro atoms. The molecule has 0 radical (unpaired) electrons. The number of phenolic OH excluding ortho intramolecular Hbond substituents is 2. The summed E-state index contributed by atoms with van der Waals surface area (Å²) < 4.78 is 0. The largest absolute Gasteiger partial charge is 0.508 e. The highest BCUT2D eigenvalue weighted by atomic mass is 16.3. The minimum atomic E-state index is 0.164. The molecule has 0 heterocycles. The Hall–Kier alpha value is -1.18. The van der Waals surface area contributed by atoms with E-state index in [-0.39, 0.29) is 11.5 Å². The second-order valence-corrected chi connectivity index (χ2v) is 3.41. The third kappa shape index (κ3) is 1.24. The molecule has 1 aliphatic carbocycles. The van der Waals surface area contributed by atoms with Gasteiger partial charge in [-0.2, -0.15) is 0 Å². The predicted octanol–water partition coefficient (Wildman–Crippen LogP) is 2.37. The summed E-state index contributed by atoms with van der Waals surface area (Å²) in [6.45, 7) is 0. The van der Waals surface area contributed by atoms with Gasteiger partial charge >= 0.3 is 0 Å². The molecule has 2 nitrogen and oxygen atoms in total. The van der Waals surface area contributed by atoms with E-state index in [9.17, 15) is 10.2 Å². The quantitative estimate of drug-likeness (QED) is 0.669. The van der Waals surface area contributed by atoms with Gasteiger partial charge in [-0.3, -0.25) is 0 Å². The Labute approximate surface area is 71.5 Å². The first kappa shape index (κ1) is 7.47. The van der Waals surface area contributed by atoms with Crippen LogP contribution in [0, 0.1) is 0 Å². The molecule has 1 aliphatic rings. The van der Waals surface area contributed by atoms with Gasteiger partial charge in [-0.1, -0.05) is 6.42 Å². The first-order valence-electron chi connectivity index (χ1n) is 4.28. The fourth-order valence-electron chi connectivity index (χ4n) is 1.60. The Bertz CT molecular complexity index is 270. The average molecular weight is 164 g/mol. The third-order valence-corrected chi connectivity index (χ3v) is 2.50. The van der Waals surface area contributed by atoms with Crippen LogP contribution in [0.5, 0.6) is 11.5 Å². The minimum Gasteiger partial charge on any atom is -0.508 e. The molecule has 1 saturated carbocycles. The van der Waals surface area contributed by atoms with E-state index in [1.54, 1.807) is 12.1 Å². The lowest BCUT2D eigenvalue weighted by Crippen LogP contribution is -2.08. The highest BCUT2D eigenvalue weighted by Crippen LogP contribution is 2.38. The van der Waals surface area contributed by atoms with Crippen molar-refractivity contribution in [3.63, 3.8) is 0 Å². The highest BCUT2D eigenvalue weighted by molar-refractivity contribution is 5.38. The van der Waals surface area contributed by atoms with Gasteiger partial charge in [0, 0.05) is 6.07 Å². The van der Waals surface area contributed by atoms with Crippen LogP contribution in [-0.2, 0) is 0 Å². The number of aromatic hydroxyl groups is 2. The monoisotopic (exact) mass is 164 g/mol. The fraction of sp³-hybridized carbons (Fsp3) is 0.400. The molecule has 2 rings (SSSR count). The lowest BCUT2D eigenvalue weighted by molar-refractivity contribution is 0.408. The van der Waals surface area contributed by atoms with E-state index in [1.165, 1.54) is 25.3 Å². The normalized spacial score (nSPS) is 17.3. The molecule has 2 N–H and O–H groups in total. The Morgan fingerprint density at radius 1 is 1.00 bits per heavy atom. The maximum absolute atomic E-state index is 9.20. The van der Waals surface area contributed by atoms with Crippen molar-refractivity contribution < 1.29 is 10.2 Å². The Morgan fingerprint density at radius 3 is 2.00 bits per heavy atom. The fourth-order valence-corrected chi connectivity index (χ4v) is 1.60. The third-order valence-electron chi connectivity index (χ3n) is 2.50. The maximum atomic E-state index is 9.20. The second kappa shape index (κ2) is 2.70. The average Bonchev–Trinajstić information content (AvgIpc) is 1.79. The van der Waals surface area contributed by atoms with Crippen LogP contribution in [0.3, 0.4) is 0 Å². The molecule has 0 aromatic heterocycles. The Kier molecular flexibility index (Phi) is 1.68. The second-order valence-electron chi connectivity index (χ2n) is 3.41. The summed E-state index contributed by atoms with van der Waals surface area (Å²) in [7, 11) is 0. The minimum absolute atomic E-state index is 0.164. The first-order chi connectivity index (χ1) is 5.75. The SMILES string of the molecule is Oc1cc(O)cc(C2CCC2)c1. The molecule has 0 amide bonds. The molecule has 1 aromatic rings. The van der Waals surface area contributed by atoms with E-state index in [4.69, 9.17) is 0 Å². The zero-order chi connectivity index (χ0) is 8.55. The van der Waals surface area contributed by atoms with Gasteiger partial charge in [0.05, 0.1) is 0 Å². The van der Waals surface area contributed by atoms with E-state index in [0.717, 1.165) is 5.56 Å². The molecule has 0 unspecified atom stereocenters. The van der Waals surface area contributed by atoms with E-state index in [2.05, 4.69) is 0 Å². The summed E-state index contributed by atoms with van der Waals surface area (Å²) in [5, 5.41) is 18.4. The topological polar surface area (TPSA) is 40.5 Å². The predicted molar refractivity (Wildman–Crippen MR) is 46.4 cm³/mol. The Morgan fingerprint density at radius 2 is 1.58 bits per heavy atom. The summed E-state index contributed by atoms with van der Waals surface area (Å²) >= 11 is 0. The van der Waals surface area contributed by atoms with Crippen LogP contribution >= 0.6 is 0 Å². The highest BCUT2D eigenvalue weighted by Gasteiger charge is 2.20. The van der Waals surface area contributed by atoms with Gasteiger partial charge < -0.3 is 10.2 Å². The van der Waals surface area contributed by atoms with Gasteiger partial charge in [0.2, 0.25) is 0 Å². The number of benzene rings is 1. The van der Waals surface area contributed by atoms with Gasteiger partial charge in [0.15, 0.2) is 0 Å². The van der Waals surface area contributed by atoms with E-state index < -0.39 is 0 Å². The van der Waals surface area contributed by atoms with Crippen molar-refractivity contribution in [3.8, 4) is 11.5 Å². The summed E-state index contributed by atoms with van der Waals surface area (Å²) in [6.07, 6.45) is 3.63. The lowest BCUT2D eigenvalue weighted by atomic mass is 9.80. The summed E-state index contributed by atoms with van der Waals surface area (Å²) in [4.78, 5) is 0. The van der Waals surface area contributed by atoms with E-state index in [1.807, 2.05) is 0 Å². The lowest BCUT2D eigenvalue weighted by Gasteiger charge is -2.25. The smallest absolute Gasteiger partial charge is 0.119 e. The molecule has 0 aliphatic heterocycles. The van der Waals surface area contributed by atoms with Crippen molar-refractivity contribution in [3.05, 3.63) is 23.8 Å². The number of phenols is 2. The van der Waals surface area contributed by atoms with E-state index >= 15 is 0 Å². The molecule has 64 valence electrons. The van der Waals surface area contributed by atoms with Gasteiger partial charge in [0.25, 0.3) is 0 Å². The molecule has 1 aromatic carbocycles. The zero-order valence-electron chi connectivity index (χ0n) is 6.83. The van der Waals surface area contributed by atoms with Crippen LogP contribution in [0.1, 0.15) is 30.7 Å². The summed E-state index contributed by atoms with van der Waals surface area (Å²) in [5.74, 6) is 0.886. The summed E-state index contributed by atoms with van der Waals surface area (Å²) in [6, 6.07) is 4.84. The summed E-state index contributed by atoms with van der Waals surface area (Å²) in [5.41, 5.74) is 1.07. The van der Waals surface area contributed by atoms with Crippen molar-refractivity contribution in [1.29, 1.82) is 0 Å². The van der Waals surface area contributed by atoms with Crippen LogP contribution in [-0.4, -0.2) is 10.2 Å². The Balaban J connectivity index is 2.30. The van der Waals surface area contributed by atoms with Crippen molar-refractivity contribution in [1.82, 2.24) is 0 Å². The zero-order valence-corrected chi connectivity index (χ0v) is 6.83. The standard InChI is InChI=1S/C10H12O2/c11-9-4-8(5-10(12)6-9)7-2-1-3-7/h4-7,11-12H,1-3H2. The number of hydrogen-bond donors (Lipinski definition) is 2. The number of rotatable bonds is 1. The van der Waals surface area contributed by atoms with Gasteiger partial charge in [-0.15, -0.1) is 0 Å². The van der Waals surface area contributed by atoms with Gasteiger partial charge in [0.1, 0.15) is 11.5 Å². The molecule has 0 saturated heterocycles. The maximum Gasteiger partial charge on any atom is 0.119 e. The molecular weight excluding hydrogens is 152 g/mol. The van der Waals surface area contributed by atoms with Crippen LogP contribution in [0.15, 0.2) is 18.2 Å². The van der Waals surface area contributed by atoms with Crippen LogP contribution in [0.25, 0.3) is 0 Å². The molecule has 0 bridgehead atoms. The molecular formula is C10H12O2. The van der Waals surface area contributed by atoms with Crippen molar-refractivity contribution in [2.24, 2.45) is 0 Å². The van der Waals surface area contributed by atoms with Crippen LogP contribution < -0.4 is 0 Å². The van der Waals surface area contributed by atoms with Crippen LogP contribution in [0.4, 0.5) is 0 Å². The van der Waals surface area contributed by atoms with Gasteiger partial charge in [-0.25, -0.2) is 0 Å². The molecule has 2 heteroatoms. The van der Waals surface area contributed by atoms with Crippen molar-refractivity contribution >= 4 is 0 Å². The molecule has 12 heavy (non-hydrogen) atoms. The first-order valence-corrected chi connectivity index (χ1v) is 4.28. The number of hydrogen-bond acceptors (Lipinski definition) is 2. The van der Waals surface area contributed by atoms with Gasteiger partial charge in [-0.05, 0) is 36.5 Å². The van der Waals surface area contributed by atoms with Crippen molar-refractivity contribution in [2.45, 2.75) is 25.2 Å².